The monoisotopic (exact) mass is 354 g/mol. The number of hydrogen-bond donors (Lipinski definition) is 1. The third-order valence-corrected chi connectivity index (χ3v) is 5.34. The van der Waals surface area contributed by atoms with Crippen LogP contribution in [0.1, 0.15) is 40.2 Å². The fraction of sp³-hybridized carbons (Fsp3) is 0.429. The van der Waals surface area contributed by atoms with Crippen molar-refractivity contribution in [1.29, 1.82) is 0 Å². The van der Waals surface area contributed by atoms with Gasteiger partial charge in [-0.3, -0.25) is 14.5 Å². The molecule has 1 N–H and O–H groups in total. The molecule has 3 rings (SSSR count). The van der Waals surface area contributed by atoms with Gasteiger partial charge >= 0.3 is 5.97 Å². The van der Waals surface area contributed by atoms with Crippen LogP contribution in [0.15, 0.2) is 36.4 Å². The van der Waals surface area contributed by atoms with Gasteiger partial charge in [-0.1, -0.05) is 30.3 Å². The highest BCUT2D eigenvalue weighted by Crippen LogP contribution is 2.21. The molecule has 0 saturated carbocycles. The molecule has 2 aromatic rings. The van der Waals surface area contributed by atoms with Gasteiger partial charge in [0.15, 0.2) is 5.78 Å². The van der Waals surface area contributed by atoms with E-state index >= 15 is 0 Å². The molecule has 0 aliphatic carbocycles. The van der Waals surface area contributed by atoms with E-state index in [0.29, 0.717) is 18.5 Å². The fourth-order valence-electron chi connectivity index (χ4n) is 3.88. The molecule has 1 aromatic heterocycles. The number of carboxylic acid groups (broad SMARTS) is 1. The van der Waals surface area contributed by atoms with E-state index in [1.165, 1.54) is 5.56 Å². The number of nitrogens with zero attached hydrogens (tertiary/aromatic N) is 2. The molecule has 0 spiro atoms. The first kappa shape index (κ1) is 18.4. The number of aliphatic carboxylic acids is 1. The van der Waals surface area contributed by atoms with Crippen LogP contribution in [0.2, 0.25) is 0 Å². The molecule has 0 amide bonds. The zero-order valence-corrected chi connectivity index (χ0v) is 15.4. The fourth-order valence-corrected chi connectivity index (χ4v) is 3.88. The lowest BCUT2D eigenvalue weighted by molar-refractivity contribution is -0.141. The number of rotatable bonds is 7. The average Bonchev–Trinajstić information content (AvgIpc) is 3.19. The van der Waals surface area contributed by atoms with Crippen molar-refractivity contribution in [2.45, 2.75) is 45.7 Å². The quantitative estimate of drug-likeness (QED) is 0.776. The first-order valence-electron chi connectivity index (χ1n) is 9.18. The molecule has 1 saturated heterocycles. The summed E-state index contributed by atoms with van der Waals surface area (Å²) in [5.74, 6) is -0.819. The van der Waals surface area contributed by atoms with Crippen LogP contribution in [0.3, 0.4) is 0 Å². The predicted octanol–water partition coefficient (Wildman–Crippen LogP) is 3.08. The molecule has 5 heteroatoms. The van der Waals surface area contributed by atoms with E-state index in [4.69, 9.17) is 0 Å². The van der Waals surface area contributed by atoms with Crippen molar-refractivity contribution in [1.82, 2.24) is 9.47 Å². The summed E-state index contributed by atoms with van der Waals surface area (Å²) in [4.78, 5) is 25.9. The van der Waals surface area contributed by atoms with Crippen LogP contribution in [0.25, 0.3) is 0 Å². The molecular weight excluding hydrogens is 328 g/mol. The predicted molar refractivity (Wildman–Crippen MR) is 101 cm³/mol. The van der Waals surface area contributed by atoms with E-state index in [9.17, 15) is 14.7 Å². The third-order valence-electron chi connectivity index (χ3n) is 5.34. The summed E-state index contributed by atoms with van der Waals surface area (Å²) in [6, 6.07) is 11.7. The van der Waals surface area contributed by atoms with E-state index in [2.05, 4.69) is 16.7 Å². The first-order chi connectivity index (χ1) is 12.5. The van der Waals surface area contributed by atoms with E-state index in [1.807, 2.05) is 38.1 Å². The summed E-state index contributed by atoms with van der Waals surface area (Å²) in [7, 11) is 0. The van der Waals surface area contributed by atoms with Crippen molar-refractivity contribution >= 4 is 11.8 Å². The highest BCUT2D eigenvalue weighted by Gasteiger charge is 2.32. The second-order valence-corrected chi connectivity index (χ2v) is 7.06. The third kappa shape index (κ3) is 3.88. The molecule has 1 fully saturated rings. The minimum atomic E-state index is -0.830. The first-order valence-corrected chi connectivity index (χ1v) is 9.18. The Morgan fingerprint density at radius 1 is 1.19 bits per heavy atom. The largest absolute Gasteiger partial charge is 0.480 e. The molecule has 1 atom stereocenters. The summed E-state index contributed by atoms with van der Waals surface area (Å²) < 4.78 is 2.18. The molecule has 0 radical (unpaired) electrons. The number of carbonyl (C=O) groups is 2. The van der Waals surface area contributed by atoms with Crippen molar-refractivity contribution < 1.29 is 14.7 Å². The average molecular weight is 354 g/mol. The normalized spacial score (nSPS) is 17.5. The van der Waals surface area contributed by atoms with Crippen LogP contribution in [-0.4, -0.2) is 45.5 Å². The minimum Gasteiger partial charge on any atom is -0.480 e. The van der Waals surface area contributed by atoms with Crippen LogP contribution in [0, 0.1) is 13.8 Å². The topological polar surface area (TPSA) is 62.5 Å². The van der Waals surface area contributed by atoms with Gasteiger partial charge in [-0.15, -0.1) is 0 Å². The lowest BCUT2D eigenvalue weighted by Gasteiger charge is -2.20. The van der Waals surface area contributed by atoms with Gasteiger partial charge in [0.2, 0.25) is 0 Å². The number of hydrogen-bond acceptors (Lipinski definition) is 3. The summed E-state index contributed by atoms with van der Waals surface area (Å²) in [6.07, 6.45) is 2.37. The Bertz CT molecular complexity index is 795. The standard InChI is InChI=1S/C21H26N2O3/c1-15-13-18(20(24)14-22-11-6-9-19(22)21(25)26)16(2)23(15)12-10-17-7-4-3-5-8-17/h3-5,7-8,13,19H,6,9-12,14H2,1-2H3,(H,25,26)/t19-/m0/s1. The van der Waals surface area contributed by atoms with E-state index in [-0.39, 0.29) is 12.3 Å². The summed E-state index contributed by atoms with van der Waals surface area (Å²) in [5, 5.41) is 9.29. The summed E-state index contributed by atoms with van der Waals surface area (Å²) >= 11 is 0. The number of carbonyl (C=O) groups excluding carboxylic acids is 1. The lowest BCUT2D eigenvalue weighted by atomic mass is 10.1. The second-order valence-electron chi connectivity index (χ2n) is 7.06. The van der Waals surface area contributed by atoms with Crippen LogP contribution in [0.4, 0.5) is 0 Å². The number of aryl methyl sites for hydroxylation is 2. The maximum Gasteiger partial charge on any atom is 0.320 e. The van der Waals surface area contributed by atoms with Gasteiger partial charge in [-0.25, -0.2) is 0 Å². The minimum absolute atomic E-state index is 0.0113. The van der Waals surface area contributed by atoms with Crippen molar-refractivity contribution in [3.63, 3.8) is 0 Å². The molecule has 2 heterocycles. The zero-order valence-electron chi connectivity index (χ0n) is 15.4. The molecule has 1 aliphatic rings. The number of benzene rings is 1. The van der Waals surface area contributed by atoms with E-state index in [0.717, 1.165) is 30.8 Å². The van der Waals surface area contributed by atoms with E-state index < -0.39 is 12.0 Å². The molecule has 26 heavy (non-hydrogen) atoms. The molecule has 1 aliphatic heterocycles. The molecular formula is C21H26N2O3. The molecule has 138 valence electrons. The number of ketones is 1. The van der Waals surface area contributed by atoms with Crippen molar-refractivity contribution in [2.75, 3.05) is 13.1 Å². The zero-order chi connectivity index (χ0) is 18.7. The van der Waals surface area contributed by atoms with Crippen molar-refractivity contribution in [3.8, 4) is 0 Å². The van der Waals surface area contributed by atoms with Gasteiger partial charge in [-0.2, -0.15) is 0 Å². The SMILES string of the molecule is Cc1cc(C(=O)CN2CCC[C@H]2C(=O)O)c(C)n1CCc1ccccc1. The lowest BCUT2D eigenvalue weighted by Crippen LogP contribution is -2.39. The maximum absolute atomic E-state index is 12.8. The molecule has 1 aromatic carbocycles. The molecule has 0 bridgehead atoms. The van der Waals surface area contributed by atoms with Gasteiger partial charge < -0.3 is 9.67 Å². The summed E-state index contributed by atoms with van der Waals surface area (Å²) in [6.45, 7) is 5.68. The van der Waals surface area contributed by atoms with Gasteiger partial charge in [0.1, 0.15) is 6.04 Å². The van der Waals surface area contributed by atoms with Crippen LogP contribution >= 0.6 is 0 Å². The van der Waals surface area contributed by atoms with Gasteiger partial charge in [0.05, 0.1) is 6.54 Å². The Labute approximate surface area is 154 Å². The number of Topliss-reactive ketones (excluding diaryl/α,β-unsaturated/α-hetero) is 1. The highest BCUT2D eigenvalue weighted by molar-refractivity contribution is 5.99. The van der Waals surface area contributed by atoms with Crippen LogP contribution < -0.4 is 0 Å². The van der Waals surface area contributed by atoms with Gasteiger partial charge in [0.25, 0.3) is 0 Å². The molecule has 5 nitrogen and oxygen atoms in total. The Morgan fingerprint density at radius 3 is 2.62 bits per heavy atom. The molecule has 0 unspecified atom stereocenters. The van der Waals surface area contributed by atoms with Crippen molar-refractivity contribution in [3.05, 3.63) is 58.9 Å². The Kier molecular flexibility index (Phi) is 5.57. The van der Waals surface area contributed by atoms with E-state index in [1.54, 1.807) is 4.90 Å². The van der Waals surface area contributed by atoms with Gasteiger partial charge in [0, 0.05) is 23.5 Å². The second kappa shape index (κ2) is 7.87. The maximum atomic E-state index is 12.8. The Hall–Kier alpha value is -2.40. The van der Waals surface area contributed by atoms with Crippen LogP contribution in [0.5, 0.6) is 0 Å². The number of carboxylic acids is 1. The van der Waals surface area contributed by atoms with Crippen LogP contribution in [-0.2, 0) is 17.8 Å². The summed E-state index contributed by atoms with van der Waals surface area (Å²) in [5.41, 5.74) is 4.02. The smallest absolute Gasteiger partial charge is 0.320 e. The Morgan fingerprint density at radius 2 is 1.92 bits per heavy atom. The number of likely N-dealkylation sites (tertiary alicyclic amines) is 1. The number of aromatic nitrogens is 1. The van der Waals surface area contributed by atoms with Gasteiger partial charge in [-0.05, 0) is 51.3 Å². The highest BCUT2D eigenvalue weighted by atomic mass is 16.4. The Balaban J connectivity index is 1.70. The van der Waals surface area contributed by atoms with Crippen molar-refractivity contribution in [2.24, 2.45) is 0 Å².